The summed E-state index contributed by atoms with van der Waals surface area (Å²) < 4.78 is 106. The van der Waals surface area contributed by atoms with Crippen LogP contribution in [-0.2, 0) is 85.3 Å². The molecular formula is C52H106O20. The topological polar surface area (TPSA) is 207 Å². The van der Waals surface area contributed by atoms with Crippen LogP contribution < -0.4 is 0 Å². The van der Waals surface area contributed by atoms with Crippen LogP contribution in [0.1, 0.15) is 93.4 Å². The van der Waals surface area contributed by atoms with Gasteiger partial charge in [0.1, 0.15) is 36.6 Å². The molecule has 7 unspecified atom stereocenters. The molecule has 20 heteroatoms. The van der Waals surface area contributed by atoms with Crippen molar-refractivity contribution in [1.29, 1.82) is 0 Å². The third-order valence-electron chi connectivity index (χ3n) is 9.82. The van der Waals surface area contributed by atoms with Gasteiger partial charge in [0, 0.05) is 39.6 Å². The summed E-state index contributed by atoms with van der Waals surface area (Å²) in [6, 6.07) is 0. The summed E-state index contributed by atoms with van der Waals surface area (Å²) in [6.07, 6.45) is 2.40. The molecule has 0 heterocycles. The molecule has 0 radical (unpaired) electrons. The summed E-state index contributed by atoms with van der Waals surface area (Å²) in [5.41, 5.74) is 0. The molecule has 0 spiro atoms. The third kappa shape index (κ3) is 50.0. The van der Waals surface area contributed by atoms with Gasteiger partial charge in [-0.15, -0.1) is 0 Å². The Hall–Kier alpha value is -0.800. The summed E-state index contributed by atoms with van der Waals surface area (Å²) in [4.78, 5) is 0. The average Bonchev–Trinajstić information content (AvgIpc) is 3.38. The van der Waals surface area contributed by atoms with E-state index in [1.54, 1.807) is 0 Å². The minimum Gasteiger partial charge on any atom is -0.388 e. The molecule has 0 amide bonds. The second-order valence-corrected chi connectivity index (χ2v) is 17.2. The van der Waals surface area contributed by atoms with E-state index in [1.165, 1.54) is 0 Å². The van der Waals surface area contributed by atoms with Crippen molar-refractivity contribution in [2.24, 2.45) is 0 Å². The van der Waals surface area contributed by atoms with Crippen molar-refractivity contribution in [3.05, 3.63) is 0 Å². The fourth-order valence-corrected chi connectivity index (χ4v) is 6.00. The van der Waals surface area contributed by atoms with Crippen molar-refractivity contribution in [2.75, 3.05) is 205 Å². The highest BCUT2D eigenvalue weighted by molar-refractivity contribution is 4.67. The first-order chi connectivity index (χ1) is 35.4. The molecular weight excluding hydrogens is 945 g/mol. The lowest BCUT2D eigenvalue weighted by Gasteiger charge is -2.26. The van der Waals surface area contributed by atoms with Gasteiger partial charge >= 0.3 is 0 Å². The maximum atomic E-state index is 10.6. The molecule has 0 aliphatic heterocycles. The van der Waals surface area contributed by atoms with Crippen molar-refractivity contribution in [3.8, 4) is 0 Å². The number of hydrogen-bond acceptors (Lipinski definition) is 20. The zero-order chi connectivity index (χ0) is 52.6. The third-order valence-corrected chi connectivity index (χ3v) is 9.82. The Morgan fingerprint density at radius 3 is 0.694 bits per heavy atom. The molecule has 0 fully saturated rings. The molecule has 0 aliphatic carbocycles. The number of ether oxygens (including phenoxy) is 18. The van der Waals surface area contributed by atoms with E-state index >= 15 is 0 Å². The maximum Gasteiger partial charge on any atom is 0.104 e. The molecule has 0 saturated heterocycles. The Kier molecular flexibility index (Phi) is 57.3. The molecule has 0 rings (SSSR count). The number of aliphatic hydroxyl groups excluding tert-OH is 2. The van der Waals surface area contributed by atoms with Crippen LogP contribution in [0, 0.1) is 0 Å². The van der Waals surface area contributed by atoms with Crippen LogP contribution in [0.3, 0.4) is 0 Å². The molecule has 0 aromatic carbocycles. The van der Waals surface area contributed by atoms with Gasteiger partial charge in [0.2, 0.25) is 0 Å². The van der Waals surface area contributed by atoms with Crippen molar-refractivity contribution in [3.63, 3.8) is 0 Å². The van der Waals surface area contributed by atoms with Gasteiger partial charge in [-0.3, -0.25) is 0 Å². The fraction of sp³-hybridized carbons (Fsp3) is 1.00. The molecule has 0 aromatic rings. The van der Waals surface area contributed by atoms with E-state index in [0.29, 0.717) is 125 Å². The number of rotatable bonds is 62. The van der Waals surface area contributed by atoms with Gasteiger partial charge in [0.15, 0.2) is 0 Å². The lowest BCUT2D eigenvalue weighted by Crippen LogP contribution is -2.37. The van der Waals surface area contributed by atoms with E-state index in [-0.39, 0.29) is 92.0 Å². The van der Waals surface area contributed by atoms with Gasteiger partial charge in [-0.05, 0) is 44.9 Å². The Balaban J connectivity index is 5.67. The second kappa shape index (κ2) is 57.9. The molecule has 0 saturated carbocycles. The molecule has 72 heavy (non-hydrogen) atoms. The maximum absolute atomic E-state index is 10.6. The predicted molar refractivity (Wildman–Crippen MR) is 273 cm³/mol. The van der Waals surface area contributed by atoms with Gasteiger partial charge in [-0.1, -0.05) is 48.5 Å². The van der Waals surface area contributed by atoms with Crippen LogP contribution in [-0.4, -0.2) is 258 Å². The summed E-state index contributed by atoms with van der Waals surface area (Å²) in [5.74, 6) is 0. The van der Waals surface area contributed by atoms with E-state index in [0.717, 1.165) is 38.5 Å². The molecule has 434 valence electrons. The van der Waals surface area contributed by atoms with E-state index in [1.807, 2.05) is 20.8 Å². The van der Waals surface area contributed by atoms with Crippen molar-refractivity contribution < 1.29 is 95.5 Å². The highest BCUT2D eigenvalue weighted by atomic mass is 16.6. The number of hydrogen-bond donors (Lipinski definition) is 2. The predicted octanol–water partition coefficient (Wildman–Crippen LogP) is 4.72. The molecule has 0 bridgehead atoms. The van der Waals surface area contributed by atoms with Crippen molar-refractivity contribution >= 4 is 0 Å². The Bertz CT molecular complexity index is 1030. The van der Waals surface area contributed by atoms with Gasteiger partial charge in [0.25, 0.3) is 0 Å². The van der Waals surface area contributed by atoms with Crippen LogP contribution in [0.2, 0.25) is 0 Å². The highest BCUT2D eigenvalue weighted by Gasteiger charge is 2.22. The lowest BCUT2D eigenvalue weighted by molar-refractivity contribution is -0.142. The van der Waals surface area contributed by atoms with E-state index in [2.05, 4.69) is 27.7 Å². The van der Waals surface area contributed by atoms with Gasteiger partial charge < -0.3 is 95.5 Å². The van der Waals surface area contributed by atoms with E-state index in [4.69, 9.17) is 85.3 Å². The summed E-state index contributed by atoms with van der Waals surface area (Å²) in [5, 5.41) is 21.2. The minimum absolute atomic E-state index is 0.0357. The zero-order valence-electron chi connectivity index (χ0n) is 46.2. The first kappa shape index (κ1) is 71.2. The van der Waals surface area contributed by atoms with Crippen LogP contribution in [0.25, 0.3) is 0 Å². The first-order valence-electron chi connectivity index (χ1n) is 27.3. The van der Waals surface area contributed by atoms with Crippen LogP contribution in [0.5, 0.6) is 0 Å². The Labute approximate surface area is 435 Å². The lowest BCUT2D eigenvalue weighted by atomic mass is 10.3. The quantitative estimate of drug-likeness (QED) is 0.0791. The highest BCUT2D eigenvalue weighted by Crippen LogP contribution is 2.09. The van der Waals surface area contributed by atoms with Crippen molar-refractivity contribution in [2.45, 2.75) is 136 Å². The average molecular weight is 1050 g/mol. The molecule has 0 aromatic heterocycles. The second-order valence-electron chi connectivity index (χ2n) is 17.2. The fourth-order valence-electron chi connectivity index (χ4n) is 6.00. The molecule has 7 atom stereocenters. The standard InChI is InChI=1S/C52H106O20/c1-8-15-55-21-27-61-33-46(53)35-68-50(39-64-30-24-58-18-11-4)44-71-49(38-63-29-23-57-17-10-3)42-67-37-48(14-7)70-43-52(41-66-32-26-60-20-13-6)72-45-51(40-65-31-25-59-19-12-5)69-36-47(54)34-62-28-22-56-16-9-2/h46-54H,8-45H2,1-7H3. The normalized spacial score (nSPS) is 15.0. The van der Waals surface area contributed by atoms with Gasteiger partial charge in [0.05, 0.1) is 171 Å². The largest absolute Gasteiger partial charge is 0.388 e. The molecule has 0 aliphatic rings. The zero-order valence-corrected chi connectivity index (χ0v) is 46.2. The van der Waals surface area contributed by atoms with Gasteiger partial charge in [-0.25, -0.2) is 0 Å². The molecule has 2 N–H and O–H groups in total. The van der Waals surface area contributed by atoms with Crippen LogP contribution >= 0.6 is 0 Å². The minimum atomic E-state index is -0.839. The molecule has 20 nitrogen and oxygen atoms in total. The Morgan fingerprint density at radius 1 is 0.208 bits per heavy atom. The van der Waals surface area contributed by atoms with E-state index in [9.17, 15) is 10.2 Å². The van der Waals surface area contributed by atoms with Gasteiger partial charge in [-0.2, -0.15) is 0 Å². The number of aliphatic hydroxyl groups is 2. The SMILES string of the molecule is CCCOCCOCC(O)COC(COCCOCCC)COC(COCCOCCC)COCC(CC)OCC(COCCOCCC)OCC(COCCOCCC)OCC(O)COCCOCCC. The van der Waals surface area contributed by atoms with Crippen LogP contribution in [0.15, 0.2) is 0 Å². The monoisotopic (exact) mass is 1050 g/mol. The summed E-state index contributed by atoms with van der Waals surface area (Å²) in [7, 11) is 0. The smallest absolute Gasteiger partial charge is 0.104 e. The van der Waals surface area contributed by atoms with E-state index < -0.39 is 36.6 Å². The Morgan fingerprint density at radius 2 is 0.417 bits per heavy atom. The first-order valence-corrected chi connectivity index (χ1v) is 27.3. The van der Waals surface area contributed by atoms with Crippen molar-refractivity contribution in [1.82, 2.24) is 0 Å². The summed E-state index contributed by atoms with van der Waals surface area (Å²) in [6.45, 7) is 25.9. The van der Waals surface area contributed by atoms with Crippen LogP contribution in [0.4, 0.5) is 0 Å². The summed E-state index contributed by atoms with van der Waals surface area (Å²) >= 11 is 0.